The largest absolute Gasteiger partial charge is 0.332 e. The first kappa shape index (κ1) is 16.0. The maximum Gasteiger partial charge on any atom is 0.233 e. The minimum atomic E-state index is -0.773. The first-order valence-electron chi connectivity index (χ1n) is 8.79. The van der Waals surface area contributed by atoms with Gasteiger partial charge in [0.05, 0.1) is 11.5 Å². The molecule has 0 spiro atoms. The lowest BCUT2D eigenvalue weighted by Crippen LogP contribution is -2.45. The Morgan fingerprint density at radius 3 is 2.36 bits per heavy atom. The highest BCUT2D eigenvalue weighted by molar-refractivity contribution is 6.03. The van der Waals surface area contributed by atoms with Crippen molar-refractivity contribution in [3.05, 3.63) is 71.5 Å². The highest BCUT2D eigenvalue weighted by atomic mass is 19.1. The molecule has 128 valence electrons. The van der Waals surface area contributed by atoms with E-state index < -0.39 is 11.5 Å². The summed E-state index contributed by atoms with van der Waals surface area (Å²) in [6, 6.07) is 15.2. The van der Waals surface area contributed by atoms with Crippen LogP contribution < -0.4 is 0 Å². The van der Waals surface area contributed by atoms with E-state index in [9.17, 15) is 14.0 Å². The van der Waals surface area contributed by atoms with Gasteiger partial charge in [-0.1, -0.05) is 48.5 Å². The number of benzene rings is 2. The molecule has 3 nitrogen and oxygen atoms in total. The molecule has 1 unspecified atom stereocenters. The molecule has 2 aromatic carbocycles. The normalized spacial score (nSPS) is 21.2. The fourth-order valence-electron chi connectivity index (χ4n) is 3.92. The zero-order chi connectivity index (χ0) is 17.4. The van der Waals surface area contributed by atoms with Gasteiger partial charge in [0.15, 0.2) is 5.78 Å². The molecule has 1 amide bonds. The maximum atomic E-state index is 14.3. The Hall–Kier alpha value is -2.49. The van der Waals surface area contributed by atoms with Crippen molar-refractivity contribution in [2.24, 2.45) is 0 Å². The number of ketones is 1. The van der Waals surface area contributed by atoms with Crippen LogP contribution in [-0.2, 0) is 10.2 Å². The predicted octanol–water partition coefficient (Wildman–Crippen LogP) is 3.73. The molecule has 1 atom stereocenters. The Balaban J connectivity index is 1.62. The van der Waals surface area contributed by atoms with Crippen LogP contribution >= 0.6 is 0 Å². The molecule has 1 saturated heterocycles. The van der Waals surface area contributed by atoms with E-state index in [1.165, 1.54) is 6.07 Å². The highest BCUT2D eigenvalue weighted by Crippen LogP contribution is 2.51. The van der Waals surface area contributed by atoms with E-state index in [-0.39, 0.29) is 17.5 Å². The van der Waals surface area contributed by atoms with E-state index in [0.29, 0.717) is 36.9 Å². The van der Waals surface area contributed by atoms with Crippen molar-refractivity contribution in [3.8, 4) is 0 Å². The van der Waals surface area contributed by atoms with E-state index >= 15 is 0 Å². The van der Waals surface area contributed by atoms with Crippen molar-refractivity contribution >= 4 is 11.7 Å². The minimum Gasteiger partial charge on any atom is -0.332 e. The van der Waals surface area contributed by atoms with Gasteiger partial charge in [-0.05, 0) is 31.7 Å². The van der Waals surface area contributed by atoms with Crippen LogP contribution in [0.3, 0.4) is 0 Å². The third-order valence-corrected chi connectivity index (χ3v) is 5.42. The fourth-order valence-corrected chi connectivity index (χ4v) is 3.92. The fraction of sp³-hybridized carbons (Fsp3) is 0.333. The standard InChI is InChI=1S/C21H20FNO2/c22-17-10-5-4-9-16(17)21(12-13-21)20(25)23-14-6-11-18(23)19(24)15-7-2-1-3-8-15/h1-5,7-10,18H,6,11-14H2. The van der Waals surface area contributed by atoms with E-state index in [2.05, 4.69) is 0 Å². The van der Waals surface area contributed by atoms with Gasteiger partial charge in [-0.3, -0.25) is 9.59 Å². The maximum absolute atomic E-state index is 14.3. The van der Waals surface area contributed by atoms with E-state index in [4.69, 9.17) is 0 Å². The molecular weight excluding hydrogens is 317 g/mol. The second kappa shape index (κ2) is 6.10. The van der Waals surface area contributed by atoms with E-state index in [1.807, 2.05) is 18.2 Å². The lowest BCUT2D eigenvalue weighted by molar-refractivity contribution is -0.134. The summed E-state index contributed by atoms with van der Waals surface area (Å²) in [4.78, 5) is 27.8. The molecule has 2 fully saturated rings. The molecule has 4 rings (SSSR count). The van der Waals surface area contributed by atoms with Gasteiger partial charge in [-0.2, -0.15) is 0 Å². The van der Waals surface area contributed by atoms with E-state index in [0.717, 1.165) is 6.42 Å². The number of hydrogen-bond acceptors (Lipinski definition) is 2. The second-order valence-corrected chi connectivity index (χ2v) is 6.95. The third-order valence-electron chi connectivity index (χ3n) is 5.42. The van der Waals surface area contributed by atoms with Gasteiger partial charge >= 0.3 is 0 Å². The molecule has 0 aromatic heterocycles. The summed E-state index contributed by atoms with van der Waals surface area (Å²) in [6.07, 6.45) is 2.78. The zero-order valence-corrected chi connectivity index (χ0v) is 14.0. The number of carbonyl (C=O) groups is 2. The summed E-state index contributed by atoms with van der Waals surface area (Å²) in [6.45, 7) is 0.568. The van der Waals surface area contributed by atoms with Crippen molar-refractivity contribution < 1.29 is 14.0 Å². The lowest BCUT2D eigenvalue weighted by atomic mass is 9.92. The summed E-state index contributed by atoms with van der Waals surface area (Å²) in [7, 11) is 0. The summed E-state index contributed by atoms with van der Waals surface area (Å²) in [5.41, 5.74) is 0.325. The Morgan fingerprint density at radius 1 is 1.00 bits per heavy atom. The van der Waals surface area contributed by atoms with Gasteiger partial charge in [0.25, 0.3) is 0 Å². The topological polar surface area (TPSA) is 37.4 Å². The number of hydrogen-bond donors (Lipinski definition) is 0. The number of Topliss-reactive ketones (excluding diaryl/α,β-unsaturated/α-hetero) is 1. The van der Waals surface area contributed by atoms with Gasteiger partial charge in [0, 0.05) is 17.7 Å². The predicted molar refractivity (Wildman–Crippen MR) is 92.8 cm³/mol. The zero-order valence-electron chi connectivity index (χ0n) is 14.0. The van der Waals surface area contributed by atoms with Crippen LogP contribution in [-0.4, -0.2) is 29.2 Å². The molecule has 1 heterocycles. The average Bonchev–Trinajstić information content (AvgIpc) is 3.31. The highest BCUT2D eigenvalue weighted by Gasteiger charge is 2.56. The Kier molecular flexibility index (Phi) is 3.91. The average molecular weight is 337 g/mol. The molecule has 2 aromatic rings. The van der Waals surface area contributed by atoms with Crippen LogP contribution in [0.25, 0.3) is 0 Å². The van der Waals surface area contributed by atoms with Crippen LogP contribution in [0.5, 0.6) is 0 Å². The van der Waals surface area contributed by atoms with Crippen molar-refractivity contribution in [3.63, 3.8) is 0 Å². The lowest BCUT2D eigenvalue weighted by Gasteiger charge is -2.28. The quantitative estimate of drug-likeness (QED) is 0.797. The van der Waals surface area contributed by atoms with Crippen LogP contribution in [0.4, 0.5) is 4.39 Å². The Bertz CT molecular complexity index is 814. The van der Waals surface area contributed by atoms with Gasteiger partial charge in [-0.25, -0.2) is 4.39 Å². The molecule has 4 heteroatoms. The van der Waals surface area contributed by atoms with E-state index in [1.54, 1.807) is 35.2 Å². The van der Waals surface area contributed by atoms with Crippen LogP contribution in [0.2, 0.25) is 0 Å². The number of rotatable bonds is 4. The molecule has 2 aliphatic rings. The molecule has 25 heavy (non-hydrogen) atoms. The minimum absolute atomic E-state index is 0.0178. The first-order valence-corrected chi connectivity index (χ1v) is 8.79. The number of likely N-dealkylation sites (tertiary alicyclic amines) is 1. The molecular formula is C21H20FNO2. The van der Waals surface area contributed by atoms with Crippen molar-refractivity contribution in [1.82, 2.24) is 4.90 Å². The summed E-state index contributed by atoms with van der Waals surface area (Å²) in [5.74, 6) is -0.446. The molecule has 1 aliphatic heterocycles. The number of halogens is 1. The van der Waals surface area contributed by atoms with Crippen LogP contribution in [0, 0.1) is 5.82 Å². The van der Waals surface area contributed by atoms with Crippen molar-refractivity contribution in [2.75, 3.05) is 6.54 Å². The van der Waals surface area contributed by atoms with Crippen LogP contribution in [0.1, 0.15) is 41.6 Å². The summed E-state index contributed by atoms with van der Waals surface area (Å²) in [5, 5.41) is 0. The molecule has 0 radical (unpaired) electrons. The first-order chi connectivity index (χ1) is 12.1. The third kappa shape index (κ3) is 2.66. The monoisotopic (exact) mass is 337 g/mol. The van der Waals surface area contributed by atoms with Gasteiger partial charge in [0.2, 0.25) is 5.91 Å². The van der Waals surface area contributed by atoms with Gasteiger partial charge < -0.3 is 4.90 Å². The molecule has 0 bridgehead atoms. The summed E-state index contributed by atoms with van der Waals surface area (Å²) >= 11 is 0. The van der Waals surface area contributed by atoms with Gasteiger partial charge in [-0.15, -0.1) is 0 Å². The number of nitrogens with zero attached hydrogens (tertiary/aromatic N) is 1. The van der Waals surface area contributed by atoms with Crippen LogP contribution in [0.15, 0.2) is 54.6 Å². The van der Waals surface area contributed by atoms with Crippen molar-refractivity contribution in [2.45, 2.75) is 37.1 Å². The Morgan fingerprint density at radius 2 is 1.68 bits per heavy atom. The molecule has 1 saturated carbocycles. The number of amides is 1. The molecule has 1 aliphatic carbocycles. The van der Waals surface area contributed by atoms with Gasteiger partial charge in [0.1, 0.15) is 5.82 Å². The SMILES string of the molecule is O=C(c1ccccc1)C1CCCN1C(=O)C1(c2ccccc2F)CC1. The second-order valence-electron chi connectivity index (χ2n) is 6.95. The summed E-state index contributed by atoms with van der Waals surface area (Å²) < 4.78 is 14.3. The van der Waals surface area contributed by atoms with Crippen molar-refractivity contribution in [1.29, 1.82) is 0 Å². The molecule has 0 N–H and O–H groups in total. The number of carbonyl (C=O) groups excluding carboxylic acids is 2. The Labute approximate surface area is 146 Å². The smallest absolute Gasteiger partial charge is 0.233 e.